The number of nitrogens with one attached hydrogen (secondary N) is 1. The van der Waals surface area contributed by atoms with E-state index in [1.54, 1.807) is 24.3 Å². The molecule has 0 aliphatic heterocycles. The molecule has 3 N–H and O–H groups in total. The number of halogens is 2. The van der Waals surface area contributed by atoms with Gasteiger partial charge < -0.3 is 15.8 Å². The molecule has 7 heteroatoms. The van der Waals surface area contributed by atoms with Gasteiger partial charge in [0.1, 0.15) is 30.0 Å². The van der Waals surface area contributed by atoms with Crippen molar-refractivity contribution in [2.24, 2.45) is 5.73 Å². The van der Waals surface area contributed by atoms with Crippen LogP contribution in [0.15, 0.2) is 72.8 Å². The molecular formula is C23H20F2N2O3. The third kappa shape index (κ3) is 5.64. The molecule has 0 aliphatic rings. The Kier molecular flexibility index (Phi) is 6.75. The maximum atomic E-state index is 13.8. The van der Waals surface area contributed by atoms with Crippen molar-refractivity contribution in [1.82, 2.24) is 5.32 Å². The Bertz CT molecular complexity index is 1020. The Hall–Kier alpha value is -3.74. The summed E-state index contributed by atoms with van der Waals surface area (Å²) in [5, 5.41) is 2.40. The van der Waals surface area contributed by atoms with Gasteiger partial charge in [-0.1, -0.05) is 42.5 Å². The molecular weight excluding hydrogens is 390 g/mol. The molecule has 2 amide bonds. The van der Waals surface area contributed by atoms with Crippen LogP contribution in [0.3, 0.4) is 0 Å². The molecule has 0 saturated carbocycles. The summed E-state index contributed by atoms with van der Waals surface area (Å²) in [5.41, 5.74) is 6.78. The van der Waals surface area contributed by atoms with Gasteiger partial charge in [0.05, 0.1) is 5.56 Å². The fourth-order valence-electron chi connectivity index (χ4n) is 2.83. The van der Waals surface area contributed by atoms with Crippen LogP contribution in [0.2, 0.25) is 0 Å². The monoisotopic (exact) mass is 410 g/mol. The highest BCUT2D eigenvalue weighted by molar-refractivity contribution is 5.97. The van der Waals surface area contributed by atoms with E-state index in [-0.39, 0.29) is 12.0 Å². The molecule has 0 aliphatic carbocycles. The van der Waals surface area contributed by atoms with Crippen LogP contribution in [0.25, 0.3) is 0 Å². The van der Waals surface area contributed by atoms with Crippen LogP contribution in [0.5, 0.6) is 5.75 Å². The van der Waals surface area contributed by atoms with Crippen LogP contribution in [-0.2, 0) is 17.8 Å². The number of ether oxygens (including phenoxy) is 1. The molecule has 5 nitrogen and oxygen atoms in total. The summed E-state index contributed by atoms with van der Waals surface area (Å²) >= 11 is 0. The molecule has 0 radical (unpaired) electrons. The lowest BCUT2D eigenvalue weighted by molar-refractivity contribution is -0.119. The zero-order valence-corrected chi connectivity index (χ0v) is 16.0. The quantitative estimate of drug-likeness (QED) is 0.597. The molecule has 0 unspecified atom stereocenters. The third-order valence-electron chi connectivity index (χ3n) is 4.44. The average molecular weight is 410 g/mol. The number of primary amides is 1. The molecule has 3 aromatic rings. The number of carbonyl (C=O) groups excluding carboxylic acids is 2. The van der Waals surface area contributed by atoms with E-state index in [9.17, 15) is 18.4 Å². The predicted molar refractivity (Wildman–Crippen MR) is 108 cm³/mol. The Morgan fingerprint density at radius 1 is 0.933 bits per heavy atom. The van der Waals surface area contributed by atoms with Crippen molar-refractivity contribution in [3.8, 4) is 5.75 Å². The zero-order chi connectivity index (χ0) is 21.5. The first-order valence-electron chi connectivity index (χ1n) is 9.23. The maximum Gasteiger partial charge on any atom is 0.254 e. The summed E-state index contributed by atoms with van der Waals surface area (Å²) in [7, 11) is 0. The summed E-state index contributed by atoms with van der Waals surface area (Å²) in [6.07, 6.45) is 0.114. The average Bonchev–Trinajstić information content (AvgIpc) is 2.73. The van der Waals surface area contributed by atoms with Gasteiger partial charge in [0.25, 0.3) is 5.91 Å². The van der Waals surface area contributed by atoms with Crippen molar-refractivity contribution < 1.29 is 23.1 Å². The minimum atomic E-state index is -1.06. The maximum absolute atomic E-state index is 13.8. The number of carbonyl (C=O) groups is 2. The van der Waals surface area contributed by atoms with Gasteiger partial charge in [0.15, 0.2) is 0 Å². The first kappa shape index (κ1) is 21.0. The van der Waals surface area contributed by atoms with E-state index in [4.69, 9.17) is 10.5 Å². The van der Waals surface area contributed by atoms with E-state index < -0.39 is 29.5 Å². The second-order valence-corrected chi connectivity index (χ2v) is 6.67. The van der Waals surface area contributed by atoms with E-state index in [1.165, 1.54) is 0 Å². The van der Waals surface area contributed by atoms with E-state index in [2.05, 4.69) is 5.32 Å². The van der Waals surface area contributed by atoms with Crippen molar-refractivity contribution >= 4 is 11.8 Å². The molecule has 0 fully saturated rings. The number of hydrogen-bond acceptors (Lipinski definition) is 3. The normalized spacial score (nSPS) is 11.5. The Balaban J connectivity index is 1.62. The van der Waals surface area contributed by atoms with Gasteiger partial charge in [0, 0.05) is 12.5 Å². The van der Waals surface area contributed by atoms with Gasteiger partial charge in [0.2, 0.25) is 5.91 Å². The largest absolute Gasteiger partial charge is 0.489 e. The first-order chi connectivity index (χ1) is 14.4. The Morgan fingerprint density at radius 2 is 1.63 bits per heavy atom. The van der Waals surface area contributed by atoms with E-state index >= 15 is 0 Å². The second-order valence-electron chi connectivity index (χ2n) is 6.67. The number of hydrogen-bond donors (Lipinski definition) is 2. The lowest BCUT2D eigenvalue weighted by Crippen LogP contribution is -2.46. The number of nitrogens with two attached hydrogens (primary N) is 1. The van der Waals surface area contributed by atoms with Crippen molar-refractivity contribution in [2.75, 3.05) is 0 Å². The van der Waals surface area contributed by atoms with Gasteiger partial charge in [-0.3, -0.25) is 9.59 Å². The van der Waals surface area contributed by atoms with Gasteiger partial charge in [-0.15, -0.1) is 0 Å². The zero-order valence-electron chi connectivity index (χ0n) is 16.0. The van der Waals surface area contributed by atoms with Crippen LogP contribution in [-0.4, -0.2) is 17.9 Å². The molecule has 0 spiro atoms. The predicted octanol–water partition coefficient (Wildman–Crippen LogP) is 3.37. The van der Waals surface area contributed by atoms with Gasteiger partial charge >= 0.3 is 0 Å². The van der Waals surface area contributed by atoms with Gasteiger partial charge in [-0.05, 0) is 35.4 Å². The molecule has 3 rings (SSSR count). The molecule has 3 aromatic carbocycles. The summed E-state index contributed by atoms with van der Waals surface area (Å²) in [6.45, 7) is 0.420. The number of amides is 2. The number of benzene rings is 3. The van der Waals surface area contributed by atoms with E-state index in [0.717, 1.165) is 23.3 Å². The minimum Gasteiger partial charge on any atom is -0.489 e. The van der Waals surface area contributed by atoms with E-state index in [0.29, 0.717) is 18.4 Å². The molecule has 0 bridgehead atoms. The Morgan fingerprint density at radius 3 is 2.27 bits per heavy atom. The Labute approximate surface area is 172 Å². The van der Waals surface area contributed by atoms with Crippen molar-refractivity contribution in [3.05, 3.63) is 101 Å². The van der Waals surface area contributed by atoms with Crippen LogP contribution in [0.4, 0.5) is 8.78 Å². The van der Waals surface area contributed by atoms with Crippen LogP contribution in [0, 0.1) is 11.6 Å². The molecule has 0 aromatic heterocycles. The van der Waals surface area contributed by atoms with Gasteiger partial charge in [-0.2, -0.15) is 0 Å². The standard InChI is InChI=1S/C23H20F2N2O3/c24-17-8-11-19(20(25)13-17)23(29)27-21(22(26)28)12-15-6-9-18(10-7-15)30-14-16-4-2-1-3-5-16/h1-11,13,21H,12,14H2,(H2,26,28)(H,27,29)/t21-/m1/s1. The van der Waals surface area contributed by atoms with Gasteiger partial charge in [-0.25, -0.2) is 8.78 Å². The van der Waals surface area contributed by atoms with Crippen LogP contribution >= 0.6 is 0 Å². The lowest BCUT2D eigenvalue weighted by atomic mass is 10.0. The number of rotatable bonds is 8. The first-order valence-corrected chi connectivity index (χ1v) is 9.23. The summed E-state index contributed by atoms with van der Waals surface area (Å²) in [4.78, 5) is 24.0. The molecule has 30 heavy (non-hydrogen) atoms. The highest BCUT2D eigenvalue weighted by atomic mass is 19.1. The fourth-order valence-corrected chi connectivity index (χ4v) is 2.83. The summed E-state index contributed by atoms with van der Waals surface area (Å²) < 4.78 is 32.5. The SMILES string of the molecule is NC(=O)[C@@H](Cc1ccc(OCc2ccccc2)cc1)NC(=O)c1ccc(F)cc1F. The third-order valence-corrected chi connectivity index (χ3v) is 4.44. The molecule has 1 atom stereocenters. The van der Waals surface area contributed by atoms with E-state index in [1.807, 2.05) is 30.3 Å². The fraction of sp³-hybridized carbons (Fsp3) is 0.130. The van der Waals surface area contributed by atoms with Crippen molar-refractivity contribution in [3.63, 3.8) is 0 Å². The lowest BCUT2D eigenvalue weighted by Gasteiger charge is -2.16. The summed E-state index contributed by atoms with van der Waals surface area (Å²) in [6, 6.07) is 18.2. The highest BCUT2D eigenvalue weighted by Gasteiger charge is 2.21. The summed E-state index contributed by atoms with van der Waals surface area (Å²) in [5.74, 6) is -2.79. The molecule has 0 saturated heterocycles. The topological polar surface area (TPSA) is 81.4 Å². The second kappa shape index (κ2) is 9.65. The molecule has 154 valence electrons. The van der Waals surface area contributed by atoms with Crippen LogP contribution in [0.1, 0.15) is 21.5 Å². The van der Waals surface area contributed by atoms with Crippen molar-refractivity contribution in [2.45, 2.75) is 19.1 Å². The highest BCUT2D eigenvalue weighted by Crippen LogP contribution is 2.16. The van der Waals surface area contributed by atoms with Crippen LogP contribution < -0.4 is 15.8 Å². The molecule has 0 heterocycles. The minimum absolute atomic E-state index is 0.114. The van der Waals surface area contributed by atoms with Crippen molar-refractivity contribution in [1.29, 1.82) is 0 Å². The smallest absolute Gasteiger partial charge is 0.254 e.